The molecule has 8 heteroatoms. The molecule has 2 amide bonds. The van der Waals surface area contributed by atoms with Crippen LogP contribution in [0.5, 0.6) is 0 Å². The molecule has 2 aromatic carbocycles. The number of anilines is 2. The Hall–Kier alpha value is -3.81. The van der Waals surface area contributed by atoms with Crippen LogP contribution >= 0.6 is 0 Å². The zero-order valence-electron chi connectivity index (χ0n) is 12.8. The first-order chi connectivity index (χ1) is 12.0. The van der Waals surface area contributed by atoms with Crippen LogP contribution in [0.25, 0.3) is 10.9 Å². The largest absolute Gasteiger partial charge is 0.318 e. The van der Waals surface area contributed by atoms with Crippen molar-refractivity contribution in [2.75, 3.05) is 10.6 Å². The van der Waals surface area contributed by atoms with Crippen LogP contribution in [0.15, 0.2) is 60.8 Å². The topological polar surface area (TPSA) is 114 Å². The number of amides is 2. The number of nitrogens with zero attached hydrogens (tertiary/aromatic N) is 2. The number of rotatable bonds is 3. The molecule has 3 rings (SSSR count). The fraction of sp³-hybridized carbons (Fsp3) is 0. The van der Waals surface area contributed by atoms with Crippen LogP contribution in [0.2, 0.25) is 0 Å². The van der Waals surface area contributed by atoms with Gasteiger partial charge in [0.25, 0.3) is 5.69 Å². The van der Waals surface area contributed by atoms with E-state index in [4.69, 9.17) is 0 Å². The SMILES string of the molecule is O=C(Nc1ccc([N+](=O)[O-])cc1)C(=O)Nc1cccc2cccnc12. The number of nitrogens with one attached hydrogen (secondary N) is 2. The quantitative estimate of drug-likeness (QED) is 0.433. The lowest BCUT2D eigenvalue weighted by Gasteiger charge is -2.08. The van der Waals surface area contributed by atoms with Crippen LogP contribution in [-0.4, -0.2) is 21.7 Å². The van der Waals surface area contributed by atoms with Gasteiger partial charge in [-0.15, -0.1) is 0 Å². The van der Waals surface area contributed by atoms with Gasteiger partial charge in [-0.3, -0.25) is 24.7 Å². The van der Waals surface area contributed by atoms with Crippen LogP contribution < -0.4 is 10.6 Å². The zero-order chi connectivity index (χ0) is 17.8. The molecule has 0 radical (unpaired) electrons. The van der Waals surface area contributed by atoms with Gasteiger partial charge in [0.15, 0.2) is 0 Å². The summed E-state index contributed by atoms with van der Waals surface area (Å²) in [6.45, 7) is 0. The normalized spacial score (nSPS) is 10.2. The maximum absolute atomic E-state index is 12.1. The molecule has 0 atom stereocenters. The predicted octanol–water partition coefficient (Wildman–Crippen LogP) is 2.72. The van der Waals surface area contributed by atoms with Crippen LogP contribution in [0.4, 0.5) is 17.1 Å². The molecule has 0 saturated heterocycles. The molecule has 0 fully saturated rings. The van der Waals surface area contributed by atoms with E-state index in [1.54, 1.807) is 24.4 Å². The van der Waals surface area contributed by atoms with Crippen LogP contribution in [-0.2, 0) is 9.59 Å². The number of hydrogen-bond acceptors (Lipinski definition) is 5. The van der Waals surface area contributed by atoms with Crippen molar-refractivity contribution >= 4 is 39.8 Å². The van der Waals surface area contributed by atoms with Crippen LogP contribution in [0, 0.1) is 10.1 Å². The van der Waals surface area contributed by atoms with E-state index in [0.717, 1.165) is 5.39 Å². The number of para-hydroxylation sites is 1. The standard InChI is InChI=1S/C17H12N4O4/c22-16(19-12-6-8-13(9-7-12)21(24)25)17(23)20-14-5-1-3-11-4-2-10-18-15(11)14/h1-10H,(H,19,22)(H,20,23). The fourth-order valence-electron chi connectivity index (χ4n) is 2.24. The minimum absolute atomic E-state index is 0.107. The smallest absolute Gasteiger partial charge is 0.314 e. The van der Waals surface area contributed by atoms with Crippen molar-refractivity contribution in [1.82, 2.24) is 4.98 Å². The van der Waals surface area contributed by atoms with Gasteiger partial charge in [0, 0.05) is 29.4 Å². The minimum atomic E-state index is -0.887. The number of carbonyl (C=O) groups excluding carboxylic acids is 2. The maximum atomic E-state index is 12.1. The molecular formula is C17H12N4O4. The van der Waals surface area contributed by atoms with Gasteiger partial charge in [0.1, 0.15) is 0 Å². The lowest BCUT2D eigenvalue weighted by atomic mass is 10.2. The third-order valence-corrected chi connectivity index (χ3v) is 3.42. The van der Waals surface area contributed by atoms with Crippen molar-refractivity contribution in [3.8, 4) is 0 Å². The maximum Gasteiger partial charge on any atom is 0.314 e. The van der Waals surface area contributed by atoms with E-state index in [-0.39, 0.29) is 11.4 Å². The summed E-state index contributed by atoms with van der Waals surface area (Å²) in [6, 6.07) is 14.0. The monoisotopic (exact) mass is 336 g/mol. The van der Waals surface area contributed by atoms with Gasteiger partial charge in [-0.25, -0.2) is 0 Å². The van der Waals surface area contributed by atoms with Gasteiger partial charge in [0.05, 0.1) is 16.1 Å². The van der Waals surface area contributed by atoms with Gasteiger partial charge in [-0.2, -0.15) is 0 Å². The van der Waals surface area contributed by atoms with Crippen molar-refractivity contribution in [2.45, 2.75) is 0 Å². The number of nitro benzene ring substituents is 1. The number of non-ortho nitro benzene ring substituents is 1. The molecule has 0 aliphatic rings. The second-order valence-electron chi connectivity index (χ2n) is 5.09. The molecule has 124 valence electrons. The van der Waals surface area contributed by atoms with Crippen molar-refractivity contribution < 1.29 is 14.5 Å². The Balaban J connectivity index is 1.72. The van der Waals surface area contributed by atoms with Gasteiger partial charge in [0.2, 0.25) is 0 Å². The predicted molar refractivity (Wildman–Crippen MR) is 92.1 cm³/mol. The van der Waals surface area contributed by atoms with E-state index in [1.165, 1.54) is 24.3 Å². The molecule has 0 spiro atoms. The molecule has 0 saturated carbocycles. The highest BCUT2D eigenvalue weighted by Gasteiger charge is 2.16. The van der Waals surface area contributed by atoms with E-state index in [1.807, 2.05) is 12.1 Å². The van der Waals surface area contributed by atoms with E-state index in [2.05, 4.69) is 15.6 Å². The molecule has 25 heavy (non-hydrogen) atoms. The van der Waals surface area contributed by atoms with E-state index >= 15 is 0 Å². The van der Waals surface area contributed by atoms with E-state index < -0.39 is 16.7 Å². The van der Waals surface area contributed by atoms with Crippen LogP contribution in [0.1, 0.15) is 0 Å². The molecule has 0 aliphatic heterocycles. The highest BCUT2D eigenvalue weighted by molar-refractivity contribution is 6.44. The molecule has 8 nitrogen and oxygen atoms in total. The van der Waals surface area contributed by atoms with E-state index in [0.29, 0.717) is 11.2 Å². The number of aromatic nitrogens is 1. The Morgan fingerprint density at radius 2 is 1.60 bits per heavy atom. The lowest BCUT2D eigenvalue weighted by molar-refractivity contribution is -0.384. The lowest BCUT2D eigenvalue weighted by Crippen LogP contribution is -2.29. The Kier molecular flexibility index (Phi) is 4.34. The summed E-state index contributed by atoms with van der Waals surface area (Å²) in [6.07, 6.45) is 1.59. The summed E-state index contributed by atoms with van der Waals surface area (Å²) in [4.78, 5) is 38.3. The van der Waals surface area contributed by atoms with Crippen LogP contribution in [0.3, 0.4) is 0 Å². The highest BCUT2D eigenvalue weighted by Crippen LogP contribution is 2.20. The number of benzene rings is 2. The highest BCUT2D eigenvalue weighted by atomic mass is 16.6. The third kappa shape index (κ3) is 3.58. The minimum Gasteiger partial charge on any atom is -0.318 e. The van der Waals surface area contributed by atoms with Gasteiger partial charge in [-0.1, -0.05) is 18.2 Å². The number of pyridine rings is 1. The first kappa shape index (κ1) is 16.1. The van der Waals surface area contributed by atoms with Crippen molar-refractivity contribution in [3.63, 3.8) is 0 Å². The Morgan fingerprint density at radius 3 is 2.32 bits per heavy atom. The molecule has 3 aromatic rings. The van der Waals surface area contributed by atoms with Gasteiger partial charge in [-0.05, 0) is 24.3 Å². The summed E-state index contributed by atoms with van der Waals surface area (Å²) in [5.41, 5.74) is 1.16. The molecule has 0 bridgehead atoms. The second kappa shape index (κ2) is 6.75. The number of nitro groups is 1. The average Bonchev–Trinajstić information content (AvgIpc) is 2.62. The number of fused-ring (bicyclic) bond motifs is 1. The molecule has 0 unspecified atom stereocenters. The van der Waals surface area contributed by atoms with Crippen molar-refractivity contribution in [2.24, 2.45) is 0 Å². The van der Waals surface area contributed by atoms with Crippen molar-refractivity contribution in [3.05, 3.63) is 70.9 Å². The third-order valence-electron chi connectivity index (χ3n) is 3.42. The van der Waals surface area contributed by atoms with E-state index in [9.17, 15) is 19.7 Å². The Labute approximate surface area is 141 Å². The molecular weight excluding hydrogens is 324 g/mol. The first-order valence-electron chi connectivity index (χ1n) is 7.25. The summed E-state index contributed by atoms with van der Waals surface area (Å²) >= 11 is 0. The van der Waals surface area contributed by atoms with Gasteiger partial charge >= 0.3 is 11.8 Å². The zero-order valence-corrected chi connectivity index (χ0v) is 12.8. The number of hydrogen-bond donors (Lipinski definition) is 2. The number of carbonyl (C=O) groups is 2. The Morgan fingerprint density at radius 1 is 0.920 bits per heavy atom. The fourth-order valence-corrected chi connectivity index (χ4v) is 2.24. The Bertz CT molecular complexity index is 965. The molecule has 2 N–H and O–H groups in total. The second-order valence-corrected chi connectivity index (χ2v) is 5.09. The molecule has 0 aliphatic carbocycles. The van der Waals surface area contributed by atoms with Crippen molar-refractivity contribution in [1.29, 1.82) is 0 Å². The summed E-state index contributed by atoms with van der Waals surface area (Å²) < 4.78 is 0. The summed E-state index contributed by atoms with van der Waals surface area (Å²) in [5.74, 6) is -1.75. The van der Waals surface area contributed by atoms with Gasteiger partial charge < -0.3 is 10.6 Å². The average molecular weight is 336 g/mol. The first-order valence-corrected chi connectivity index (χ1v) is 7.25. The summed E-state index contributed by atoms with van der Waals surface area (Å²) in [5, 5.41) is 16.3. The summed E-state index contributed by atoms with van der Waals surface area (Å²) in [7, 11) is 0. The molecule has 1 aromatic heterocycles. The molecule has 1 heterocycles.